The lowest BCUT2D eigenvalue weighted by Crippen LogP contribution is -2.35. The van der Waals surface area contributed by atoms with E-state index in [0.717, 1.165) is 17.1 Å². The summed E-state index contributed by atoms with van der Waals surface area (Å²) in [5.41, 5.74) is 2.68. The van der Waals surface area contributed by atoms with Gasteiger partial charge in [0.05, 0.1) is 5.56 Å². The van der Waals surface area contributed by atoms with Crippen LogP contribution in [0.1, 0.15) is 54.1 Å². The van der Waals surface area contributed by atoms with Gasteiger partial charge in [0, 0.05) is 19.5 Å². The molecule has 0 saturated carbocycles. The van der Waals surface area contributed by atoms with Gasteiger partial charge >= 0.3 is 0 Å². The quantitative estimate of drug-likeness (QED) is 0.673. The number of carbonyl (C=O) groups excluding carboxylic acids is 2. The summed E-state index contributed by atoms with van der Waals surface area (Å²) in [4.78, 5) is 24.4. The van der Waals surface area contributed by atoms with Crippen LogP contribution in [0.5, 0.6) is 0 Å². The van der Waals surface area contributed by atoms with Crippen molar-refractivity contribution in [3.05, 3.63) is 65.2 Å². The highest BCUT2D eigenvalue weighted by atomic mass is 32.2. The largest absolute Gasteiger partial charge is 0.356 e. The molecule has 7 heteroatoms. The van der Waals surface area contributed by atoms with E-state index < -0.39 is 15.9 Å². The predicted molar refractivity (Wildman–Crippen MR) is 111 cm³/mol. The summed E-state index contributed by atoms with van der Waals surface area (Å²) in [6.07, 6.45) is 1.59. The van der Waals surface area contributed by atoms with Crippen LogP contribution in [0.15, 0.2) is 53.4 Å². The molecule has 0 bridgehead atoms. The molecule has 0 spiro atoms. The number of aryl methyl sites for hydroxylation is 1. The van der Waals surface area contributed by atoms with Gasteiger partial charge in [0.25, 0.3) is 15.9 Å². The highest BCUT2D eigenvalue weighted by Gasteiger charge is 2.40. The zero-order valence-corrected chi connectivity index (χ0v) is 17.5. The van der Waals surface area contributed by atoms with Crippen molar-refractivity contribution in [1.29, 1.82) is 0 Å². The molecule has 0 aromatic heterocycles. The third-order valence-electron chi connectivity index (χ3n) is 5.06. The van der Waals surface area contributed by atoms with Crippen molar-refractivity contribution in [2.75, 3.05) is 13.1 Å². The van der Waals surface area contributed by atoms with Crippen LogP contribution in [0, 0.1) is 0 Å². The van der Waals surface area contributed by atoms with Crippen molar-refractivity contribution in [2.24, 2.45) is 0 Å². The van der Waals surface area contributed by atoms with Crippen LogP contribution in [0.2, 0.25) is 0 Å². The molecule has 0 saturated heterocycles. The van der Waals surface area contributed by atoms with Crippen LogP contribution < -0.4 is 5.32 Å². The minimum Gasteiger partial charge on any atom is -0.356 e. The Morgan fingerprint density at radius 1 is 1.07 bits per heavy atom. The van der Waals surface area contributed by atoms with E-state index in [0.29, 0.717) is 12.5 Å². The van der Waals surface area contributed by atoms with Gasteiger partial charge in [-0.05, 0) is 42.0 Å². The SMILES string of the molecule is CC(C)c1ccc(CCCNC(=O)CCN2C(=O)c3ccccc3S2(=O)=O)cc1. The van der Waals surface area contributed by atoms with Crippen LogP contribution >= 0.6 is 0 Å². The number of carbonyl (C=O) groups is 2. The Labute approximate surface area is 172 Å². The van der Waals surface area contributed by atoms with E-state index in [-0.39, 0.29) is 29.3 Å². The van der Waals surface area contributed by atoms with E-state index in [4.69, 9.17) is 0 Å². The monoisotopic (exact) mass is 414 g/mol. The summed E-state index contributed by atoms with van der Waals surface area (Å²) in [5, 5.41) is 2.80. The molecule has 0 unspecified atom stereocenters. The van der Waals surface area contributed by atoms with Gasteiger partial charge in [-0.25, -0.2) is 12.7 Å². The average Bonchev–Trinajstić information content (AvgIpc) is 2.90. The Kier molecular flexibility index (Phi) is 6.37. The minimum absolute atomic E-state index is 0.00823. The molecule has 154 valence electrons. The first-order chi connectivity index (χ1) is 13.8. The smallest absolute Gasteiger partial charge is 0.269 e. The van der Waals surface area contributed by atoms with Gasteiger partial charge in [-0.1, -0.05) is 50.2 Å². The van der Waals surface area contributed by atoms with E-state index in [1.807, 2.05) is 0 Å². The van der Waals surface area contributed by atoms with Gasteiger partial charge in [-0.2, -0.15) is 0 Å². The Morgan fingerprint density at radius 3 is 2.41 bits per heavy atom. The molecular formula is C22H26N2O4S. The second kappa shape index (κ2) is 8.78. The van der Waals surface area contributed by atoms with E-state index in [9.17, 15) is 18.0 Å². The zero-order chi connectivity index (χ0) is 21.0. The summed E-state index contributed by atoms with van der Waals surface area (Å²) >= 11 is 0. The number of hydrogen-bond acceptors (Lipinski definition) is 4. The maximum Gasteiger partial charge on any atom is 0.269 e. The maximum absolute atomic E-state index is 12.5. The number of amides is 2. The Balaban J connectivity index is 1.43. The summed E-state index contributed by atoms with van der Waals surface area (Å²) in [6, 6.07) is 14.6. The molecule has 1 aliphatic rings. The number of rotatable bonds is 8. The topological polar surface area (TPSA) is 83.6 Å². The van der Waals surface area contributed by atoms with Gasteiger partial charge in [-0.15, -0.1) is 0 Å². The fraction of sp³-hybridized carbons (Fsp3) is 0.364. The normalized spacial score (nSPS) is 14.9. The van der Waals surface area contributed by atoms with Crippen molar-refractivity contribution in [1.82, 2.24) is 9.62 Å². The van der Waals surface area contributed by atoms with Crippen LogP contribution in [0.25, 0.3) is 0 Å². The molecular weight excluding hydrogens is 388 g/mol. The highest BCUT2D eigenvalue weighted by Crippen LogP contribution is 2.29. The average molecular weight is 415 g/mol. The molecule has 0 radical (unpaired) electrons. The third-order valence-corrected chi connectivity index (χ3v) is 6.91. The van der Waals surface area contributed by atoms with E-state index >= 15 is 0 Å². The second-order valence-corrected chi connectivity index (χ2v) is 9.31. The molecule has 0 aliphatic carbocycles. The molecule has 6 nitrogen and oxygen atoms in total. The maximum atomic E-state index is 12.5. The number of nitrogens with one attached hydrogen (secondary N) is 1. The Morgan fingerprint density at radius 2 is 1.76 bits per heavy atom. The van der Waals surface area contributed by atoms with Gasteiger partial charge < -0.3 is 5.32 Å². The highest BCUT2D eigenvalue weighted by molar-refractivity contribution is 7.90. The first kappa shape index (κ1) is 21.0. The van der Waals surface area contributed by atoms with Crippen molar-refractivity contribution in [2.45, 2.75) is 43.9 Å². The Bertz CT molecular complexity index is 998. The molecule has 1 aliphatic heterocycles. The number of nitrogens with zero attached hydrogens (tertiary/aromatic N) is 1. The van der Waals surface area contributed by atoms with Crippen molar-refractivity contribution < 1.29 is 18.0 Å². The molecule has 3 rings (SSSR count). The minimum atomic E-state index is -3.86. The number of sulfonamides is 1. The molecule has 2 aromatic carbocycles. The third kappa shape index (κ3) is 4.67. The van der Waals surface area contributed by atoms with Crippen molar-refractivity contribution in [3.8, 4) is 0 Å². The van der Waals surface area contributed by atoms with Gasteiger partial charge in [0.1, 0.15) is 4.90 Å². The predicted octanol–water partition coefficient (Wildman–Crippen LogP) is 3.09. The molecule has 0 atom stereocenters. The summed E-state index contributed by atoms with van der Waals surface area (Å²) in [5.74, 6) is -0.334. The summed E-state index contributed by atoms with van der Waals surface area (Å²) in [7, 11) is -3.86. The standard InChI is InChI=1S/C22H26N2O4S/c1-16(2)18-11-9-17(10-12-18)6-5-14-23-21(25)13-15-24-22(26)19-7-3-4-8-20(19)29(24,27)28/h3-4,7-12,16H,5-6,13-15H2,1-2H3,(H,23,25). The van der Waals surface area contributed by atoms with Crippen LogP contribution in [0.4, 0.5) is 0 Å². The zero-order valence-electron chi connectivity index (χ0n) is 16.7. The lowest BCUT2D eigenvalue weighted by Gasteiger charge is -2.14. The fourth-order valence-corrected chi connectivity index (χ4v) is 4.90. The number of fused-ring (bicyclic) bond motifs is 1. The first-order valence-corrected chi connectivity index (χ1v) is 11.3. The molecule has 1 heterocycles. The van der Waals surface area contributed by atoms with Crippen LogP contribution in [-0.4, -0.2) is 37.6 Å². The second-order valence-electron chi connectivity index (χ2n) is 7.48. The lowest BCUT2D eigenvalue weighted by molar-refractivity contribution is -0.121. The lowest BCUT2D eigenvalue weighted by atomic mass is 10.0. The number of hydrogen-bond donors (Lipinski definition) is 1. The Hall–Kier alpha value is -2.67. The van der Waals surface area contributed by atoms with Crippen LogP contribution in [-0.2, 0) is 21.2 Å². The van der Waals surface area contributed by atoms with Crippen LogP contribution in [0.3, 0.4) is 0 Å². The molecule has 2 amide bonds. The van der Waals surface area contributed by atoms with E-state index in [2.05, 4.69) is 43.4 Å². The summed E-state index contributed by atoms with van der Waals surface area (Å²) in [6.45, 7) is 4.67. The van der Waals surface area contributed by atoms with Gasteiger partial charge in [0.2, 0.25) is 5.91 Å². The van der Waals surface area contributed by atoms with Gasteiger partial charge in [0.15, 0.2) is 0 Å². The molecule has 1 N–H and O–H groups in total. The molecule has 29 heavy (non-hydrogen) atoms. The first-order valence-electron chi connectivity index (χ1n) is 9.82. The summed E-state index contributed by atoms with van der Waals surface area (Å²) < 4.78 is 25.7. The van der Waals surface area contributed by atoms with E-state index in [1.165, 1.54) is 23.3 Å². The van der Waals surface area contributed by atoms with Crippen molar-refractivity contribution in [3.63, 3.8) is 0 Å². The van der Waals surface area contributed by atoms with Crippen molar-refractivity contribution >= 4 is 21.8 Å². The number of benzene rings is 2. The molecule has 2 aromatic rings. The fourth-order valence-electron chi connectivity index (χ4n) is 3.33. The van der Waals surface area contributed by atoms with Gasteiger partial charge in [-0.3, -0.25) is 9.59 Å². The molecule has 0 fully saturated rings. The van der Waals surface area contributed by atoms with E-state index in [1.54, 1.807) is 12.1 Å².